The van der Waals surface area contributed by atoms with Crippen LogP contribution in [0.25, 0.3) is 11.3 Å². The Morgan fingerprint density at radius 2 is 2.19 bits per heavy atom. The molecule has 2 aromatic rings. The maximum Gasteiger partial charge on any atom is 0.339 e. The molecule has 0 bridgehead atoms. The molecule has 0 radical (unpaired) electrons. The molecule has 0 atom stereocenters. The number of fused-ring (bicyclic) bond motifs is 3. The van der Waals surface area contributed by atoms with Crippen molar-refractivity contribution < 1.29 is 19.4 Å². The van der Waals surface area contributed by atoms with E-state index in [1.54, 1.807) is 19.2 Å². The lowest BCUT2D eigenvalue weighted by Crippen LogP contribution is -2.09. The van der Waals surface area contributed by atoms with Gasteiger partial charge in [-0.1, -0.05) is 0 Å². The van der Waals surface area contributed by atoms with Gasteiger partial charge in [-0.05, 0) is 37.1 Å². The van der Waals surface area contributed by atoms with Gasteiger partial charge in [-0.3, -0.25) is 0 Å². The molecule has 1 aromatic heterocycles. The van der Waals surface area contributed by atoms with Crippen molar-refractivity contribution in [2.75, 3.05) is 13.7 Å². The SMILES string of the molecule is CCOC(=O)c1cc2n(c1)CCc1cc(OC)c(O)cc1-2. The van der Waals surface area contributed by atoms with Gasteiger partial charge >= 0.3 is 5.97 Å². The van der Waals surface area contributed by atoms with Crippen molar-refractivity contribution in [1.29, 1.82) is 0 Å². The number of phenolic OH excluding ortho intramolecular Hbond substituents is 1. The van der Waals surface area contributed by atoms with Gasteiger partial charge in [0.25, 0.3) is 0 Å². The van der Waals surface area contributed by atoms with Crippen LogP contribution in [0.4, 0.5) is 0 Å². The van der Waals surface area contributed by atoms with Crippen LogP contribution >= 0.6 is 0 Å². The van der Waals surface area contributed by atoms with Gasteiger partial charge in [0.2, 0.25) is 0 Å². The molecule has 1 N–H and O–H groups in total. The van der Waals surface area contributed by atoms with Crippen molar-refractivity contribution in [2.45, 2.75) is 19.9 Å². The lowest BCUT2D eigenvalue weighted by Gasteiger charge is -2.20. The predicted molar refractivity (Wildman–Crippen MR) is 77.7 cm³/mol. The number of aromatic nitrogens is 1. The summed E-state index contributed by atoms with van der Waals surface area (Å²) in [7, 11) is 1.53. The first-order valence-electron chi connectivity index (χ1n) is 6.91. The zero-order valence-corrected chi connectivity index (χ0v) is 12.0. The van der Waals surface area contributed by atoms with E-state index in [9.17, 15) is 9.90 Å². The van der Waals surface area contributed by atoms with Gasteiger partial charge in [-0.25, -0.2) is 4.79 Å². The Morgan fingerprint density at radius 3 is 2.90 bits per heavy atom. The van der Waals surface area contributed by atoms with Crippen molar-refractivity contribution in [3.05, 3.63) is 35.5 Å². The Morgan fingerprint density at radius 1 is 1.38 bits per heavy atom. The highest BCUT2D eigenvalue weighted by molar-refractivity contribution is 5.91. The fourth-order valence-corrected chi connectivity index (χ4v) is 2.71. The smallest absolute Gasteiger partial charge is 0.339 e. The Balaban J connectivity index is 2.06. The number of benzene rings is 1. The van der Waals surface area contributed by atoms with Crippen molar-refractivity contribution in [3.8, 4) is 22.8 Å². The van der Waals surface area contributed by atoms with Crippen molar-refractivity contribution >= 4 is 5.97 Å². The molecular weight excluding hydrogens is 270 g/mol. The van der Waals surface area contributed by atoms with Gasteiger partial charge in [0.15, 0.2) is 11.5 Å². The number of hydrogen-bond acceptors (Lipinski definition) is 4. The van der Waals surface area contributed by atoms with E-state index in [0.717, 1.165) is 29.8 Å². The summed E-state index contributed by atoms with van der Waals surface area (Å²) in [5.74, 6) is 0.252. The van der Waals surface area contributed by atoms with E-state index in [1.807, 2.05) is 16.7 Å². The molecule has 0 aliphatic carbocycles. The second-order valence-electron chi connectivity index (χ2n) is 4.96. The molecule has 0 amide bonds. The average molecular weight is 287 g/mol. The van der Waals surface area contributed by atoms with E-state index in [-0.39, 0.29) is 11.7 Å². The fourth-order valence-electron chi connectivity index (χ4n) is 2.71. The number of rotatable bonds is 3. The maximum absolute atomic E-state index is 11.8. The molecule has 5 nitrogen and oxygen atoms in total. The zero-order valence-electron chi connectivity index (χ0n) is 12.0. The summed E-state index contributed by atoms with van der Waals surface area (Å²) in [6.45, 7) is 2.93. The van der Waals surface area contributed by atoms with Crippen molar-refractivity contribution in [3.63, 3.8) is 0 Å². The molecule has 0 saturated carbocycles. The monoisotopic (exact) mass is 287 g/mol. The normalized spacial score (nSPS) is 12.5. The number of aromatic hydroxyl groups is 1. The minimum atomic E-state index is -0.321. The summed E-state index contributed by atoms with van der Waals surface area (Å²) in [4.78, 5) is 11.8. The Kier molecular flexibility index (Phi) is 3.33. The second kappa shape index (κ2) is 5.16. The standard InChI is InChI=1S/C16H17NO4/c1-3-21-16(19)11-6-13-12-8-14(18)15(20-2)7-10(12)4-5-17(13)9-11/h6-9,18H,3-5H2,1-2H3. The highest BCUT2D eigenvalue weighted by atomic mass is 16.5. The summed E-state index contributed by atoms with van der Waals surface area (Å²) in [6, 6.07) is 5.35. The number of hydrogen-bond donors (Lipinski definition) is 1. The van der Waals surface area contributed by atoms with Crippen LogP contribution in [0.15, 0.2) is 24.4 Å². The first-order valence-corrected chi connectivity index (χ1v) is 6.91. The summed E-state index contributed by atoms with van der Waals surface area (Å²) in [5.41, 5.74) is 3.48. The first kappa shape index (κ1) is 13.5. The van der Waals surface area contributed by atoms with Gasteiger partial charge in [-0.2, -0.15) is 0 Å². The third-order valence-corrected chi connectivity index (χ3v) is 3.71. The molecule has 0 unspecified atom stereocenters. The molecule has 0 fully saturated rings. The van der Waals surface area contributed by atoms with Crippen LogP contribution in [0, 0.1) is 0 Å². The second-order valence-corrected chi connectivity index (χ2v) is 4.96. The molecule has 110 valence electrons. The minimum Gasteiger partial charge on any atom is -0.504 e. The third-order valence-electron chi connectivity index (χ3n) is 3.71. The highest BCUT2D eigenvalue weighted by Crippen LogP contribution is 2.38. The third kappa shape index (κ3) is 2.24. The topological polar surface area (TPSA) is 60.7 Å². The van der Waals surface area contributed by atoms with Gasteiger partial charge in [0, 0.05) is 24.0 Å². The van der Waals surface area contributed by atoms with E-state index < -0.39 is 0 Å². The number of aryl methyl sites for hydroxylation is 2. The molecule has 2 heterocycles. The van der Waals surface area contributed by atoms with Crippen LogP contribution in [0.5, 0.6) is 11.5 Å². The van der Waals surface area contributed by atoms with Crippen LogP contribution in [-0.4, -0.2) is 29.4 Å². The van der Waals surface area contributed by atoms with Gasteiger partial charge in [0.1, 0.15) is 0 Å². The number of carbonyl (C=O) groups excluding carboxylic acids is 1. The largest absolute Gasteiger partial charge is 0.504 e. The number of ether oxygens (including phenoxy) is 2. The number of nitrogens with zero attached hydrogens (tertiary/aromatic N) is 1. The first-order chi connectivity index (χ1) is 10.1. The number of carbonyl (C=O) groups is 1. The average Bonchev–Trinajstić information content (AvgIpc) is 2.91. The quantitative estimate of drug-likeness (QED) is 0.881. The molecule has 1 aliphatic rings. The molecule has 1 aromatic carbocycles. The van der Waals surface area contributed by atoms with E-state index in [4.69, 9.17) is 9.47 Å². The van der Waals surface area contributed by atoms with Crippen LogP contribution in [0.3, 0.4) is 0 Å². The van der Waals surface area contributed by atoms with E-state index >= 15 is 0 Å². The van der Waals surface area contributed by atoms with Crippen LogP contribution in [0.2, 0.25) is 0 Å². The molecule has 1 aliphatic heterocycles. The van der Waals surface area contributed by atoms with E-state index in [0.29, 0.717) is 17.9 Å². The maximum atomic E-state index is 11.8. The number of phenols is 1. The van der Waals surface area contributed by atoms with Crippen molar-refractivity contribution in [1.82, 2.24) is 4.57 Å². The summed E-state index contributed by atoms with van der Waals surface area (Å²) in [6.07, 6.45) is 2.63. The minimum absolute atomic E-state index is 0.101. The number of methoxy groups -OCH3 is 1. The van der Waals surface area contributed by atoms with E-state index in [1.165, 1.54) is 7.11 Å². The zero-order chi connectivity index (χ0) is 15.0. The lowest BCUT2D eigenvalue weighted by atomic mass is 9.97. The lowest BCUT2D eigenvalue weighted by molar-refractivity contribution is 0.0526. The van der Waals surface area contributed by atoms with Gasteiger partial charge in [-0.15, -0.1) is 0 Å². The highest BCUT2D eigenvalue weighted by Gasteiger charge is 2.22. The summed E-state index contributed by atoms with van der Waals surface area (Å²) < 4.78 is 12.2. The van der Waals surface area contributed by atoms with Crippen LogP contribution in [-0.2, 0) is 17.7 Å². The molecule has 0 spiro atoms. The summed E-state index contributed by atoms with van der Waals surface area (Å²) >= 11 is 0. The Labute approximate surface area is 122 Å². The summed E-state index contributed by atoms with van der Waals surface area (Å²) in [5, 5.41) is 9.97. The van der Waals surface area contributed by atoms with Crippen LogP contribution < -0.4 is 4.74 Å². The Bertz CT molecular complexity index is 703. The van der Waals surface area contributed by atoms with Crippen molar-refractivity contribution in [2.24, 2.45) is 0 Å². The van der Waals surface area contributed by atoms with Gasteiger partial charge in [0.05, 0.1) is 19.3 Å². The number of esters is 1. The van der Waals surface area contributed by atoms with Crippen LogP contribution in [0.1, 0.15) is 22.8 Å². The molecule has 0 saturated heterocycles. The van der Waals surface area contributed by atoms with E-state index in [2.05, 4.69) is 0 Å². The molecular formula is C16H17NO4. The molecule has 3 rings (SSSR count). The fraction of sp³-hybridized carbons (Fsp3) is 0.312. The molecule has 5 heteroatoms. The van der Waals surface area contributed by atoms with Gasteiger partial charge < -0.3 is 19.1 Å². The Hall–Kier alpha value is -2.43. The molecule has 21 heavy (non-hydrogen) atoms. The predicted octanol–water partition coefficient (Wildman–Crippen LogP) is 2.60.